The maximum Gasteiger partial charge on any atom is 0.230 e. The molecule has 1 aromatic carbocycles. The van der Waals surface area contributed by atoms with Crippen LogP contribution >= 0.6 is 15.9 Å². The van der Waals surface area contributed by atoms with Gasteiger partial charge >= 0.3 is 0 Å². The van der Waals surface area contributed by atoms with Crippen molar-refractivity contribution in [1.82, 2.24) is 4.90 Å². The Labute approximate surface area is 197 Å². The summed E-state index contributed by atoms with van der Waals surface area (Å²) in [6.07, 6.45) is -3.25. The highest BCUT2D eigenvalue weighted by Gasteiger charge is 2.71. The SMILES string of the molecule is C[C@H]1c2ccc(Br)c(O)c2C(O)=C2C(=O)[C@]3(O)C(=O)C(C(N)=O)C(O)[C@@H](N(C)C)[C@@H]3[C@@H](O)[C@@H]21. The molecule has 4 rings (SSSR count). The standard InChI is InChI=1S/C22H25BrN2O8/c1-6-7-4-5-8(23)15(26)10(7)16(27)11-9(6)17(28)13-14(25(2)3)18(29)12(21(24)32)20(31)22(13,33)19(11)30/h4-6,9,12-14,17-18,26-29,33H,1-3H3,(H2,24,32)/t6-,9+,12?,13+,14-,17-,18?,22-/m0/s1. The normalized spacial score (nSPS) is 38.1. The van der Waals surface area contributed by atoms with Crippen molar-refractivity contribution in [2.24, 2.45) is 23.5 Å². The number of nitrogens with zero attached hydrogens (tertiary/aromatic N) is 1. The van der Waals surface area contributed by atoms with Crippen LogP contribution < -0.4 is 5.73 Å². The van der Waals surface area contributed by atoms with Crippen molar-refractivity contribution >= 4 is 39.2 Å². The highest BCUT2D eigenvalue weighted by Crippen LogP contribution is 2.56. The second-order valence-corrected chi connectivity index (χ2v) is 10.1. The van der Waals surface area contributed by atoms with E-state index < -0.39 is 76.3 Å². The molecule has 178 valence electrons. The van der Waals surface area contributed by atoms with Crippen LogP contribution in [0.4, 0.5) is 0 Å². The number of ketones is 2. The number of carbonyl (C=O) groups is 3. The van der Waals surface area contributed by atoms with Crippen LogP contribution in [0.25, 0.3) is 5.76 Å². The minimum Gasteiger partial charge on any atom is -0.507 e. The number of aliphatic hydroxyl groups excluding tert-OH is 3. The van der Waals surface area contributed by atoms with E-state index in [9.17, 15) is 39.9 Å². The Bertz CT molecular complexity index is 1120. The van der Waals surface area contributed by atoms with E-state index in [1.165, 1.54) is 19.0 Å². The third kappa shape index (κ3) is 2.89. The Balaban J connectivity index is 2.02. The second kappa shape index (κ2) is 7.60. The molecular weight excluding hydrogens is 500 g/mol. The summed E-state index contributed by atoms with van der Waals surface area (Å²) in [6.45, 7) is 1.68. The van der Waals surface area contributed by atoms with Crippen molar-refractivity contribution in [3.63, 3.8) is 0 Å². The Kier molecular flexibility index (Phi) is 5.49. The maximum absolute atomic E-state index is 13.7. The summed E-state index contributed by atoms with van der Waals surface area (Å²) >= 11 is 3.16. The number of fused-ring (bicyclic) bond motifs is 3. The number of primary amides is 1. The van der Waals surface area contributed by atoms with E-state index in [-0.39, 0.29) is 15.8 Å². The van der Waals surface area contributed by atoms with Crippen molar-refractivity contribution in [3.8, 4) is 5.75 Å². The van der Waals surface area contributed by atoms with Crippen molar-refractivity contribution in [2.45, 2.75) is 36.7 Å². The van der Waals surface area contributed by atoms with Crippen LogP contribution in [0.5, 0.6) is 5.75 Å². The lowest BCUT2D eigenvalue weighted by molar-refractivity contribution is -0.199. The minimum absolute atomic E-state index is 0.0513. The lowest BCUT2D eigenvalue weighted by atomic mass is 9.52. The lowest BCUT2D eigenvalue weighted by Gasteiger charge is -2.56. The van der Waals surface area contributed by atoms with Gasteiger partial charge in [0.05, 0.1) is 22.2 Å². The van der Waals surface area contributed by atoms with Gasteiger partial charge in [-0.05, 0) is 47.6 Å². The van der Waals surface area contributed by atoms with Gasteiger partial charge in [-0.3, -0.25) is 14.4 Å². The molecule has 1 amide bonds. The monoisotopic (exact) mass is 524 g/mol. The van der Waals surface area contributed by atoms with Crippen LogP contribution in [0.3, 0.4) is 0 Å². The zero-order valence-corrected chi connectivity index (χ0v) is 19.6. The summed E-state index contributed by atoms with van der Waals surface area (Å²) < 4.78 is 0.248. The number of benzene rings is 1. The molecular formula is C22H25BrN2O8. The summed E-state index contributed by atoms with van der Waals surface area (Å²) in [7, 11) is 3.02. The van der Waals surface area contributed by atoms with Crippen molar-refractivity contribution in [3.05, 3.63) is 33.3 Å². The summed E-state index contributed by atoms with van der Waals surface area (Å²) in [5.74, 6) is -9.82. The molecule has 11 heteroatoms. The molecule has 2 fully saturated rings. The molecule has 0 spiro atoms. The molecule has 0 saturated heterocycles. The van der Waals surface area contributed by atoms with E-state index in [1.54, 1.807) is 19.1 Å². The predicted molar refractivity (Wildman–Crippen MR) is 118 cm³/mol. The zero-order valence-electron chi connectivity index (χ0n) is 18.1. The highest BCUT2D eigenvalue weighted by atomic mass is 79.9. The molecule has 1 aromatic rings. The molecule has 0 bridgehead atoms. The number of halogens is 1. The number of hydrogen-bond acceptors (Lipinski definition) is 9. The van der Waals surface area contributed by atoms with E-state index in [0.717, 1.165) is 0 Å². The largest absolute Gasteiger partial charge is 0.507 e. The van der Waals surface area contributed by atoms with Gasteiger partial charge in [0, 0.05) is 23.5 Å². The first kappa shape index (κ1) is 23.8. The first-order valence-corrected chi connectivity index (χ1v) is 11.2. The smallest absolute Gasteiger partial charge is 0.230 e. The van der Waals surface area contributed by atoms with Gasteiger partial charge in [0.15, 0.2) is 11.4 Å². The molecule has 0 heterocycles. The van der Waals surface area contributed by atoms with E-state index in [4.69, 9.17) is 5.73 Å². The Hall–Kier alpha value is -2.31. The number of phenols is 1. The van der Waals surface area contributed by atoms with Crippen LogP contribution in [0.15, 0.2) is 22.2 Å². The van der Waals surface area contributed by atoms with Gasteiger partial charge < -0.3 is 36.2 Å². The molecule has 33 heavy (non-hydrogen) atoms. The zero-order chi connectivity index (χ0) is 24.7. The van der Waals surface area contributed by atoms with Gasteiger partial charge in [0.1, 0.15) is 17.4 Å². The number of carbonyl (C=O) groups excluding carboxylic acids is 3. The molecule has 8 atom stereocenters. The van der Waals surface area contributed by atoms with Gasteiger partial charge in [-0.25, -0.2) is 0 Å². The van der Waals surface area contributed by atoms with E-state index in [2.05, 4.69) is 15.9 Å². The summed E-state index contributed by atoms with van der Waals surface area (Å²) in [5, 5.41) is 55.4. The number of amides is 1. The molecule has 3 aliphatic rings. The average Bonchev–Trinajstić information content (AvgIpc) is 2.72. The van der Waals surface area contributed by atoms with Gasteiger partial charge in [0.25, 0.3) is 0 Å². The van der Waals surface area contributed by atoms with Crippen LogP contribution in [0.1, 0.15) is 24.0 Å². The first-order chi connectivity index (χ1) is 15.3. The van der Waals surface area contributed by atoms with Gasteiger partial charge in [-0.2, -0.15) is 0 Å². The fourth-order valence-electron chi connectivity index (χ4n) is 5.95. The first-order valence-electron chi connectivity index (χ1n) is 10.4. The quantitative estimate of drug-likeness (QED) is 0.275. The van der Waals surface area contributed by atoms with Crippen molar-refractivity contribution < 1.29 is 39.9 Å². The molecule has 2 unspecified atom stereocenters. The summed E-state index contributed by atoms with van der Waals surface area (Å²) in [6, 6.07) is 2.01. The second-order valence-electron chi connectivity index (χ2n) is 9.24. The number of Topliss-reactive ketones (excluding diaryl/α,β-unsaturated/α-hetero) is 2. The van der Waals surface area contributed by atoms with Crippen LogP contribution in [-0.2, 0) is 14.4 Å². The topological polar surface area (TPSA) is 182 Å². The summed E-state index contributed by atoms with van der Waals surface area (Å²) in [5.41, 5.74) is 2.39. The number of likely N-dealkylation sites (N-methyl/N-ethyl adjacent to an activating group) is 1. The Morgan fingerprint density at radius 3 is 2.30 bits per heavy atom. The van der Waals surface area contributed by atoms with Gasteiger partial charge in [0.2, 0.25) is 11.7 Å². The molecule has 3 aliphatic carbocycles. The van der Waals surface area contributed by atoms with Crippen LogP contribution in [-0.4, -0.2) is 85.9 Å². The molecule has 7 N–H and O–H groups in total. The summed E-state index contributed by atoms with van der Waals surface area (Å²) in [4.78, 5) is 40.4. The third-order valence-electron chi connectivity index (χ3n) is 7.44. The van der Waals surface area contributed by atoms with Crippen LogP contribution in [0, 0.1) is 17.8 Å². The number of nitrogens with two attached hydrogens (primary N) is 1. The molecule has 2 saturated carbocycles. The van der Waals surface area contributed by atoms with E-state index >= 15 is 0 Å². The Morgan fingerprint density at radius 2 is 1.76 bits per heavy atom. The predicted octanol–water partition coefficient (Wildman–Crippen LogP) is -0.577. The van der Waals surface area contributed by atoms with Gasteiger partial charge in [-0.1, -0.05) is 13.0 Å². The fourth-order valence-corrected chi connectivity index (χ4v) is 6.28. The number of aliphatic hydroxyl groups is 4. The van der Waals surface area contributed by atoms with Crippen molar-refractivity contribution in [1.29, 1.82) is 0 Å². The van der Waals surface area contributed by atoms with Gasteiger partial charge in [-0.15, -0.1) is 0 Å². The molecule has 0 aromatic heterocycles. The number of phenolic OH excluding ortho intramolecular Hbond substituents is 1. The van der Waals surface area contributed by atoms with Crippen LogP contribution in [0.2, 0.25) is 0 Å². The number of rotatable bonds is 2. The lowest BCUT2D eigenvalue weighted by Crippen LogP contribution is -2.76. The number of aromatic hydroxyl groups is 1. The number of hydrogen-bond donors (Lipinski definition) is 6. The maximum atomic E-state index is 13.7. The highest BCUT2D eigenvalue weighted by molar-refractivity contribution is 9.10. The molecule has 10 nitrogen and oxygen atoms in total. The minimum atomic E-state index is -2.92. The van der Waals surface area contributed by atoms with E-state index in [1.807, 2.05) is 0 Å². The molecule has 0 aliphatic heterocycles. The Morgan fingerprint density at radius 1 is 1.15 bits per heavy atom. The van der Waals surface area contributed by atoms with Crippen molar-refractivity contribution in [2.75, 3.05) is 14.1 Å². The third-order valence-corrected chi connectivity index (χ3v) is 8.08. The van der Waals surface area contributed by atoms with E-state index in [0.29, 0.717) is 5.56 Å². The average molecular weight is 525 g/mol. The molecule has 0 radical (unpaired) electrons. The fraction of sp³-hybridized carbons (Fsp3) is 0.500.